The van der Waals surface area contributed by atoms with E-state index in [1.807, 2.05) is 13.8 Å². The fraction of sp³-hybridized carbons (Fsp3) is 0.600. The Bertz CT molecular complexity index is 399. The fourth-order valence-corrected chi connectivity index (χ4v) is 1.81. The summed E-state index contributed by atoms with van der Waals surface area (Å²) < 4.78 is 5.54. The Kier molecular flexibility index (Phi) is 2.59. The van der Waals surface area contributed by atoms with Crippen LogP contribution in [-0.4, -0.2) is 46.3 Å². The van der Waals surface area contributed by atoms with Crippen LogP contribution < -0.4 is 5.73 Å². The second-order valence-electron chi connectivity index (χ2n) is 4.54. The molecule has 88 valence electrons. The van der Waals surface area contributed by atoms with E-state index < -0.39 is 0 Å². The van der Waals surface area contributed by atoms with Gasteiger partial charge in [0.25, 0.3) is 5.91 Å². The van der Waals surface area contributed by atoms with Crippen molar-refractivity contribution in [3.05, 3.63) is 11.9 Å². The zero-order chi connectivity index (χ0) is 11.8. The number of ether oxygens (including phenoxy) is 1. The molecule has 0 spiro atoms. The van der Waals surface area contributed by atoms with Gasteiger partial charge >= 0.3 is 0 Å². The van der Waals surface area contributed by atoms with Crippen LogP contribution >= 0.6 is 0 Å². The molecule has 6 nitrogen and oxygen atoms in total. The van der Waals surface area contributed by atoms with Gasteiger partial charge in [0.2, 0.25) is 0 Å². The number of hydrogen-bond acceptors (Lipinski definition) is 4. The van der Waals surface area contributed by atoms with Crippen molar-refractivity contribution < 1.29 is 9.53 Å². The number of aromatic nitrogens is 2. The number of H-pyrrole nitrogens is 1. The summed E-state index contributed by atoms with van der Waals surface area (Å²) in [6.45, 7) is 5.61. The summed E-state index contributed by atoms with van der Waals surface area (Å²) in [5, 5.41) is 6.37. The lowest BCUT2D eigenvalue weighted by molar-refractivity contribution is -0.0764. The van der Waals surface area contributed by atoms with Crippen LogP contribution in [0.3, 0.4) is 0 Å². The zero-order valence-electron chi connectivity index (χ0n) is 9.49. The number of aromatic amines is 1. The first-order valence-corrected chi connectivity index (χ1v) is 5.22. The van der Waals surface area contributed by atoms with Gasteiger partial charge in [-0.2, -0.15) is 5.10 Å². The Morgan fingerprint density at radius 2 is 2.44 bits per heavy atom. The van der Waals surface area contributed by atoms with Crippen molar-refractivity contribution in [3.63, 3.8) is 0 Å². The van der Waals surface area contributed by atoms with E-state index in [-0.39, 0.29) is 11.5 Å². The molecule has 2 heterocycles. The molecule has 1 aromatic rings. The highest BCUT2D eigenvalue weighted by atomic mass is 16.5. The van der Waals surface area contributed by atoms with Gasteiger partial charge in [-0.15, -0.1) is 0 Å². The van der Waals surface area contributed by atoms with E-state index in [0.717, 1.165) is 0 Å². The minimum absolute atomic E-state index is 0.119. The first kappa shape index (κ1) is 10.9. The Hall–Kier alpha value is -1.56. The minimum Gasteiger partial charge on any atom is -0.396 e. The van der Waals surface area contributed by atoms with Crippen LogP contribution in [0.5, 0.6) is 0 Å². The smallest absolute Gasteiger partial charge is 0.274 e. The summed E-state index contributed by atoms with van der Waals surface area (Å²) in [6.07, 6.45) is 1.44. The van der Waals surface area contributed by atoms with Gasteiger partial charge < -0.3 is 15.4 Å². The molecule has 1 fully saturated rings. The third-order valence-corrected chi connectivity index (χ3v) is 2.60. The topological polar surface area (TPSA) is 84.2 Å². The molecule has 0 saturated carbocycles. The van der Waals surface area contributed by atoms with E-state index in [1.54, 1.807) is 4.90 Å². The number of nitrogens with two attached hydrogens (primary N) is 1. The van der Waals surface area contributed by atoms with Crippen molar-refractivity contribution in [2.75, 3.05) is 25.4 Å². The lowest BCUT2D eigenvalue weighted by atomic mass is 10.1. The summed E-state index contributed by atoms with van der Waals surface area (Å²) in [5.74, 6) is -0.119. The molecule has 1 saturated heterocycles. The highest BCUT2D eigenvalue weighted by molar-refractivity contribution is 5.97. The average molecular weight is 224 g/mol. The number of nitrogen functional groups attached to an aromatic ring is 1. The Morgan fingerprint density at radius 3 is 3.00 bits per heavy atom. The number of hydrogen-bond donors (Lipinski definition) is 2. The summed E-state index contributed by atoms with van der Waals surface area (Å²) in [6, 6.07) is 0. The van der Waals surface area contributed by atoms with Crippen LogP contribution in [0.4, 0.5) is 5.69 Å². The molecule has 0 radical (unpaired) electrons. The van der Waals surface area contributed by atoms with Crippen molar-refractivity contribution in [3.8, 4) is 0 Å². The predicted octanol–water partition coefficient (Wildman–Crippen LogP) is 0.243. The number of carbonyl (C=O) groups excluding carboxylic acids is 1. The Balaban J connectivity index is 2.14. The largest absolute Gasteiger partial charge is 0.396 e. The number of nitrogens with zero attached hydrogens (tertiary/aromatic N) is 2. The SMILES string of the molecule is CC1(C)CN(C(=O)c2[nH]ncc2N)CCO1. The quantitative estimate of drug-likeness (QED) is 0.715. The molecule has 0 aliphatic carbocycles. The maximum absolute atomic E-state index is 12.1. The number of amides is 1. The van der Waals surface area contributed by atoms with Gasteiger partial charge in [-0.05, 0) is 13.8 Å². The molecule has 16 heavy (non-hydrogen) atoms. The maximum Gasteiger partial charge on any atom is 0.274 e. The summed E-state index contributed by atoms with van der Waals surface area (Å²) in [5.41, 5.74) is 6.08. The molecule has 1 aliphatic heterocycles. The van der Waals surface area contributed by atoms with E-state index in [1.165, 1.54) is 6.20 Å². The normalized spacial score (nSPS) is 19.8. The number of morpholine rings is 1. The van der Waals surface area contributed by atoms with Crippen molar-refractivity contribution in [1.29, 1.82) is 0 Å². The fourth-order valence-electron chi connectivity index (χ4n) is 1.81. The van der Waals surface area contributed by atoms with E-state index in [0.29, 0.717) is 31.1 Å². The van der Waals surface area contributed by atoms with Gasteiger partial charge in [-0.25, -0.2) is 0 Å². The maximum atomic E-state index is 12.1. The standard InChI is InChI=1S/C10H16N4O2/c1-10(2)6-14(3-4-16-10)9(15)8-7(11)5-12-13-8/h5H,3-4,6,11H2,1-2H3,(H,12,13). The highest BCUT2D eigenvalue weighted by Gasteiger charge is 2.31. The van der Waals surface area contributed by atoms with Gasteiger partial charge in [0, 0.05) is 13.1 Å². The lowest BCUT2D eigenvalue weighted by Crippen LogP contribution is -2.50. The molecule has 0 aromatic carbocycles. The predicted molar refractivity (Wildman–Crippen MR) is 58.9 cm³/mol. The summed E-state index contributed by atoms with van der Waals surface area (Å²) in [7, 11) is 0. The van der Waals surface area contributed by atoms with Gasteiger partial charge in [0.15, 0.2) is 0 Å². The molecule has 2 rings (SSSR count). The van der Waals surface area contributed by atoms with E-state index in [9.17, 15) is 4.79 Å². The average Bonchev–Trinajstić information content (AvgIpc) is 2.62. The van der Waals surface area contributed by atoms with Crippen molar-refractivity contribution in [2.45, 2.75) is 19.4 Å². The minimum atomic E-state index is -0.303. The van der Waals surface area contributed by atoms with Gasteiger partial charge in [0.05, 0.1) is 24.1 Å². The number of nitrogens with one attached hydrogen (secondary N) is 1. The van der Waals surface area contributed by atoms with Crippen LogP contribution in [-0.2, 0) is 4.74 Å². The van der Waals surface area contributed by atoms with Crippen LogP contribution in [0, 0.1) is 0 Å². The molecule has 6 heteroatoms. The van der Waals surface area contributed by atoms with Gasteiger partial charge in [0.1, 0.15) is 5.69 Å². The van der Waals surface area contributed by atoms with Crippen LogP contribution in [0.15, 0.2) is 6.20 Å². The third kappa shape index (κ3) is 2.01. The molecule has 1 amide bonds. The first-order chi connectivity index (χ1) is 7.49. The zero-order valence-corrected chi connectivity index (χ0v) is 9.49. The summed E-state index contributed by atoms with van der Waals surface area (Å²) >= 11 is 0. The highest BCUT2D eigenvalue weighted by Crippen LogP contribution is 2.19. The molecule has 0 bridgehead atoms. The van der Waals surface area contributed by atoms with E-state index in [2.05, 4.69) is 10.2 Å². The molecular formula is C10H16N4O2. The second kappa shape index (κ2) is 3.79. The number of rotatable bonds is 1. The van der Waals surface area contributed by atoms with Crippen molar-refractivity contribution in [2.24, 2.45) is 0 Å². The van der Waals surface area contributed by atoms with Crippen molar-refractivity contribution in [1.82, 2.24) is 15.1 Å². The number of carbonyl (C=O) groups is 1. The molecule has 1 aliphatic rings. The Morgan fingerprint density at radius 1 is 1.69 bits per heavy atom. The van der Waals surface area contributed by atoms with Gasteiger partial charge in [-0.1, -0.05) is 0 Å². The summed E-state index contributed by atoms with van der Waals surface area (Å²) in [4.78, 5) is 13.8. The molecule has 1 aromatic heterocycles. The van der Waals surface area contributed by atoms with E-state index >= 15 is 0 Å². The van der Waals surface area contributed by atoms with Crippen LogP contribution in [0.25, 0.3) is 0 Å². The molecule has 3 N–H and O–H groups in total. The van der Waals surface area contributed by atoms with Crippen LogP contribution in [0.1, 0.15) is 24.3 Å². The molecular weight excluding hydrogens is 208 g/mol. The number of anilines is 1. The molecule has 0 unspecified atom stereocenters. The third-order valence-electron chi connectivity index (χ3n) is 2.60. The Labute approximate surface area is 93.8 Å². The first-order valence-electron chi connectivity index (χ1n) is 5.22. The lowest BCUT2D eigenvalue weighted by Gasteiger charge is -2.37. The van der Waals surface area contributed by atoms with Crippen LogP contribution in [0.2, 0.25) is 0 Å². The molecule has 0 atom stereocenters. The second-order valence-corrected chi connectivity index (χ2v) is 4.54. The van der Waals surface area contributed by atoms with Gasteiger partial charge in [-0.3, -0.25) is 9.89 Å². The monoisotopic (exact) mass is 224 g/mol. The van der Waals surface area contributed by atoms with E-state index in [4.69, 9.17) is 10.5 Å². The van der Waals surface area contributed by atoms with Crippen molar-refractivity contribution >= 4 is 11.6 Å².